The minimum absolute atomic E-state index is 0. The molecular formula is C57H100N4O19. The van der Waals surface area contributed by atoms with E-state index >= 15 is 0 Å². The van der Waals surface area contributed by atoms with Gasteiger partial charge in [0.05, 0.1) is 39.0 Å². The molecule has 0 aromatic carbocycles. The first-order chi connectivity index (χ1) is 38.3. The zero-order chi connectivity index (χ0) is 59.6. The fourth-order valence-electron chi connectivity index (χ4n) is 8.32. The molecule has 0 heterocycles. The van der Waals surface area contributed by atoms with Crippen molar-refractivity contribution in [1.82, 2.24) is 21.3 Å². The number of unbranched alkanes of at least 4 members (excludes halogenated alkanes) is 15. The zero-order valence-electron chi connectivity index (χ0n) is 48.0. The summed E-state index contributed by atoms with van der Waals surface area (Å²) in [6.07, 6.45) is 18.4. The van der Waals surface area contributed by atoms with E-state index in [4.69, 9.17) is 24.1 Å². The Morgan fingerprint density at radius 3 is 1.43 bits per heavy atom. The topological polar surface area (TPSA) is 354 Å². The van der Waals surface area contributed by atoms with Gasteiger partial charge < -0.3 is 60.6 Å². The fourth-order valence-corrected chi connectivity index (χ4v) is 8.32. The van der Waals surface area contributed by atoms with Crippen LogP contribution in [0.2, 0.25) is 0 Å². The Morgan fingerprint density at radius 1 is 0.388 bits per heavy atom. The molecule has 0 bridgehead atoms. The van der Waals surface area contributed by atoms with E-state index in [1.807, 2.05) is 6.92 Å². The lowest BCUT2D eigenvalue weighted by atomic mass is 9.97. The monoisotopic (exact) mass is 1140 g/mol. The largest absolute Gasteiger partial charge is 0.481 e. The molecule has 0 saturated heterocycles. The Labute approximate surface area is 474 Å². The Balaban J connectivity index is 0. The van der Waals surface area contributed by atoms with E-state index in [2.05, 4.69) is 21.3 Å². The van der Waals surface area contributed by atoms with Crippen LogP contribution in [0, 0.1) is 11.8 Å². The summed E-state index contributed by atoms with van der Waals surface area (Å²) < 4.78 is 21.4. The van der Waals surface area contributed by atoms with Crippen LogP contribution in [0.25, 0.3) is 0 Å². The first-order valence-electron chi connectivity index (χ1n) is 29.2. The average molecular weight is 1150 g/mol. The highest BCUT2D eigenvalue weighted by Gasteiger charge is 2.25. The molecule has 8 N–H and O–H groups in total. The molecule has 0 aliphatic rings. The van der Waals surface area contributed by atoms with Crippen molar-refractivity contribution in [2.24, 2.45) is 11.8 Å². The Morgan fingerprint density at radius 2 is 0.863 bits per heavy atom. The maximum Gasteiger partial charge on any atom is 0.326 e. The molecule has 0 radical (unpaired) electrons. The molecular weight excluding hydrogens is 1040 g/mol. The van der Waals surface area contributed by atoms with Gasteiger partial charge in [0.15, 0.2) is 5.78 Å². The second-order valence-corrected chi connectivity index (χ2v) is 20.5. The number of ketones is 3. The highest BCUT2D eigenvalue weighted by Crippen LogP contribution is 2.16. The summed E-state index contributed by atoms with van der Waals surface area (Å²) >= 11 is 0. The van der Waals surface area contributed by atoms with E-state index in [0.29, 0.717) is 32.2 Å². The van der Waals surface area contributed by atoms with Crippen LogP contribution in [0.15, 0.2) is 0 Å². The molecule has 0 rings (SSSR count). The molecule has 0 saturated carbocycles. The molecule has 0 aliphatic heterocycles. The number of carbonyl (C=O) groups is 11. The summed E-state index contributed by atoms with van der Waals surface area (Å²) in [5.74, 6) is -7.76. The molecule has 0 spiro atoms. The van der Waals surface area contributed by atoms with Crippen molar-refractivity contribution in [3.8, 4) is 0 Å². The number of aliphatic carboxylic acids is 4. The van der Waals surface area contributed by atoms with Gasteiger partial charge in [-0.15, -0.1) is 0 Å². The van der Waals surface area contributed by atoms with Gasteiger partial charge in [-0.3, -0.25) is 43.2 Å². The number of Topliss-reactive ketones (excluding diaryl/α,β-unsaturated/α-hetero) is 3. The van der Waals surface area contributed by atoms with Gasteiger partial charge in [-0.2, -0.15) is 0 Å². The summed E-state index contributed by atoms with van der Waals surface area (Å²) in [6, 6.07) is -2.36. The highest BCUT2D eigenvalue weighted by molar-refractivity contribution is 5.87. The number of nitrogens with one attached hydrogen (secondary N) is 4. The van der Waals surface area contributed by atoms with Crippen molar-refractivity contribution >= 4 is 64.9 Å². The van der Waals surface area contributed by atoms with Crippen LogP contribution in [0.3, 0.4) is 0 Å². The van der Waals surface area contributed by atoms with Crippen LogP contribution in [0.5, 0.6) is 0 Å². The van der Waals surface area contributed by atoms with Crippen LogP contribution in [-0.2, 0) is 71.7 Å². The number of rotatable bonds is 58. The van der Waals surface area contributed by atoms with E-state index in [-0.39, 0.29) is 154 Å². The molecule has 0 aromatic heterocycles. The fraction of sp³-hybridized carbons (Fsp3) is 0.807. The van der Waals surface area contributed by atoms with Crippen LogP contribution in [0.4, 0.5) is 0 Å². The van der Waals surface area contributed by atoms with Gasteiger partial charge in [-0.1, -0.05) is 96.8 Å². The highest BCUT2D eigenvalue weighted by atomic mass is 16.5. The third kappa shape index (κ3) is 47.4. The second-order valence-electron chi connectivity index (χ2n) is 20.5. The second kappa shape index (κ2) is 50.6. The van der Waals surface area contributed by atoms with Gasteiger partial charge in [-0.25, -0.2) is 9.59 Å². The summed E-state index contributed by atoms with van der Waals surface area (Å²) in [4.78, 5) is 131. The first kappa shape index (κ1) is 74.6. The number of amides is 4. The number of carbonyl (C=O) groups excluding carboxylic acids is 7. The lowest BCUT2D eigenvalue weighted by Crippen LogP contribution is -2.41. The summed E-state index contributed by atoms with van der Waals surface area (Å²) in [5, 5.41) is 47.8. The predicted molar refractivity (Wildman–Crippen MR) is 298 cm³/mol. The first-order valence-corrected chi connectivity index (χ1v) is 29.2. The number of hydrogen-bond acceptors (Lipinski definition) is 15. The van der Waals surface area contributed by atoms with Gasteiger partial charge in [-0.05, 0) is 64.7 Å². The van der Waals surface area contributed by atoms with Crippen LogP contribution in [0.1, 0.15) is 208 Å². The minimum atomic E-state index is -1.29. The van der Waals surface area contributed by atoms with E-state index in [0.717, 1.165) is 70.6 Å². The number of carboxylic acids is 4. The van der Waals surface area contributed by atoms with Crippen LogP contribution >= 0.6 is 0 Å². The SMILES string of the molecule is CC(=O)[C@@H](C)CCCCNC(=O)CCCC[C@H](NC(=O)CC[C@H](CC(=O)COCCOCCNC(=O)COCCOCCCC(=O)CC[C@H](NC(=O)CCCCCCCCCCCCCCCCC(=O)O)C(=O)O)C(=O)O)C(=O)O.[HH]. The van der Waals surface area contributed by atoms with Gasteiger partial charge in [0.1, 0.15) is 36.9 Å². The lowest BCUT2D eigenvalue weighted by molar-refractivity contribution is -0.145. The van der Waals surface area contributed by atoms with E-state index in [1.54, 1.807) is 6.92 Å². The van der Waals surface area contributed by atoms with Crippen molar-refractivity contribution in [3.05, 3.63) is 0 Å². The standard InChI is InChI=1S/C57H98N4O19.H2/c1-43(44(2)62)22-19-20-32-58-50(65)25-18-17-24-48(56(73)74)60-52(67)31-28-45(55(71)72)40-47(64)41-79-38-37-78-35-33-59-53(68)42-80-39-36-77-34-21-23-46(63)29-30-49(57(75)76)61-51(66)26-15-13-11-9-7-5-3-4-6-8-10-12-14-16-27-54(69)70;/h43,45,48-49H,3-42H2,1-2H3,(H,58,65)(H,59,68)(H,60,67)(H,61,66)(H,69,70)(H,71,72)(H,73,74)(H,75,76);1H/t43-,45+,48-,49-;/m0./s1. The Kier molecular flexibility index (Phi) is 47.2. The normalized spacial score (nSPS) is 12.6. The molecule has 23 heteroatoms. The molecule has 23 nitrogen and oxygen atoms in total. The van der Waals surface area contributed by atoms with Crippen molar-refractivity contribution in [3.63, 3.8) is 0 Å². The number of hydrogen-bond donors (Lipinski definition) is 8. The Hall–Kier alpha value is -5.39. The van der Waals surface area contributed by atoms with E-state index in [1.165, 1.54) is 32.1 Å². The third-order valence-electron chi connectivity index (χ3n) is 13.3. The number of ether oxygens (including phenoxy) is 4. The van der Waals surface area contributed by atoms with Crippen LogP contribution < -0.4 is 21.3 Å². The number of carboxylic acid groups (broad SMARTS) is 4. The molecule has 0 aliphatic carbocycles. The van der Waals surface area contributed by atoms with Crippen molar-refractivity contribution in [1.29, 1.82) is 0 Å². The quantitative estimate of drug-likeness (QED) is 0.0300. The van der Waals surface area contributed by atoms with Gasteiger partial charge >= 0.3 is 23.9 Å². The Bertz CT molecular complexity index is 1810. The van der Waals surface area contributed by atoms with E-state index in [9.17, 15) is 68.1 Å². The molecule has 0 aromatic rings. The molecule has 4 atom stereocenters. The molecule has 0 fully saturated rings. The minimum Gasteiger partial charge on any atom is -0.481 e. The predicted octanol–water partition coefficient (Wildman–Crippen LogP) is 6.52. The zero-order valence-corrected chi connectivity index (χ0v) is 48.0. The van der Waals surface area contributed by atoms with Crippen molar-refractivity contribution in [2.45, 2.75) is 219 Å². The van der Waals surface area contributed by atoms with Gasteiger partial charge in [0.2, 0.25) is 23.6 Å². The van der Waals surface area contributed by atoms with Crippen molar-refractivity contribution < 1.29 is 93.5 Å². The van der Waals surface area contributed by atoms with Crippen LogP contribution in [-0.4, -0.2) is 163 Å². The average Bonchev–Trinajstić information content (AvgIpc) is 3.40. The smallest absolute Gasteiger partial charge is 0.326 e. The molecule has 0 unspecified atom stereocenters. The summed E-state index contributed by atoms with van der Waals surface area (Å²) in [7, 11) is 0. The van der Waals surface area contributed by atoms with Crippen molar-refractivity contribution in [2.75, 3.05) is 65.9 Å². The maximum absolute atomic E-state index is 12.5. The third-order valence-corrected chi connectivity index (χ3v) is 13.3. The summed E-state index contributed by atoms with van der Waals surface area (Å²) in [5.41, 5.74) is 0. The molecule has 80 heavy (non-hydrogen) atoms. The molecule has 462 valence electrons. The molecule has 4 amide bonds. The lowest BCUT2D eigenvalue weighted by Gasteiger charge is -2.16. The van der Waals surface area contributed by atoms with E-state index < -0.39 is 60.0 Å². The van der Waals surface area contributed by atoms with Gasteiger partial charge in [0, 0.05) is 72.0 Å². The summed E-state index contributed by atoms with van der Waals surface area (Å²) in [6.45, 7) is 4.26. The maximum atomic E-state index is 12.5. The van der Waals surface area contributed by atoms with Gasteiger partial charge in [0.25, 0.3) is 0 Å².